The van der Waals surface area contributed by atoms with Crippen LogP contribution in [0.5, 0.6) is 0 Å². The molecule has 0 bridgehead atoms. The SMILES string of the molecule is O=C=NC1CC(=O)N(c2ccccc2F)C1. The van der Waals surface area contributed by atoms with Gasteiger partial charge >= 0.3 is 0 Å². The Labute approximate surface area is 91.4 Å². The molecule has 1 heterocycles. The van der Waals surface area contributed by atoms with Crippen molar-refractivity contribution in [1.82, 2.24) is 0 Å². The van der Waals surface area contributed by atoms with E-state index in [1.165, 1.54) is 23.1 Å². The Morgan fingerprint density at radius 2 is 2.19 bits per heavy atom. The predicted molar refractivity (Wildman–Crippen MR) is 55.3 cm³/mol. The highest BCUT2D eigenvalue weighted by atomic mass is 19.1. The van der Waals surface area contributed by atoms with E-state index in [4.69, 9.17) is 0 Å². The zero-order valence-electron chi connectivity index (χ0n) is 8.39. The summed E-state index contributed by atoms with van der Waals surface area (Å²) in [4.78, 5) is 26.5. The second-order valence-electron chi connectivity index (χ2n) is 3.53. The molecule has 1 aromatic carbocycles. The molecule has 0 N–H and O–H groups in total. The van der Waals surface area contributed by atoms with E-state index in [9.17, 15) is 14.0 Å². The molecule has 1 aromatic rings. The molecule has 1 aliphatic heterocycles. The lowest BCUT2D eigenvalue weighted by atomic mass is 10.3. The number of carbonyl (C=O) groups is 1. The monoisotopic (exact) mass is 220 g/mol. The second-order valence-corrected chi connectivity index (χ2v) is 3.53. The summed E-state index contributed by atoms with van der Waals surface area (Å²) in [6, 6.07) is 5.62. The zero-order valence-corrected chi connectivity index (χ0v) is 8.39. The molecular formula is C11H9FN2O2. The predicted octanol–water partition coefficient (Wildman–Crippen LogP) is 1.27. The van der Waals surface area contributed by atoms with Gasteiger partial charge < -0.3 is 4.90 Å². The third-order valence-electron chi connectivity index (χ3n) is 2.48. The van der Waals surface area contributed by atoms with E-state index < -0.39 is 11.9 Å². The highest BCUT2D eigenvalue weighted by molar-refractivity contribution is 5.96. The van der Waals surface area contributed by atoms with E-state index in [1.54, 1.807) is 12.1 Å². The number of benzene rings is 1. The molecule has 1 unspecified atom stereocenters. The molecule has 1 saturated heterocycles. The number of hydrogen-bond acceptors (Lipinski definition) is 3. The topological polar surface area (TPSA) is 49.7 Å². The number of halogens is 1. The molecule has 4 nitrogen and oxygen atoms in total. The Balaban J connectivity index is 2.26. The maximum absolute atomic E-state index is 13.4. The van der Waals surface area contributed by atoms with Gasteiger partial charge in [-0.15, -0.1) is 0 Å². The normalized spacial score (nSPS) is 19.7. The van der Waals surface area contributed by atoms with Crippen LogP contribution >= 0.6 is 0 Å². The average Bonchev–Trinajstić information content (AvgIpc) is 2.61. The van der Waals surface area contributed by atoms with Gasteiger partial charge in [-0.1, -0.05) is 12.1 Å². The molecule has 0 spiro atoms. The van der Waals surface area contributed by atoms with E-state index in [1.807, 2.05) is 0 Å². The number of hydrogen-bond donors (Lipinski definition) is 0. The van der Waals surface area contributed by atoms with Gasteiger partial charge in [-0.3, -0.25) is 4.79 Å². The number of isocyanates is 1. The Kier molecular flexibility index (Phi) is 2.79. The third kappa shape index (κ3) is 1.85. The summed E-state index contributed by atoms with van der Waals surface area (Å²) < 4.78 is 13.4. The van der Waals surface area contributed by atoms with Gasteiger partial charge in [0.25, 0.3) is 0 Å². The Hall–Kier alpha value is -2.00. The van der Waals surface area contributed by atoms with Crippen molar-refractivity contribution in [3.63, 3.8) is 0 Å². The smallest absolute Gasteiger partial charge is 0.235 e. The Bertz CT molecular complexity index is 469. The lowest BCUT2D eigenvalue weighted by molar-refractivity contribution is -0.117. The molecule has 1 aliphatic rings. The fraction of sp³-hybridized carbons (Fsp3) is 0.273. The lowest BCUT2D eigenvalue weighted by Crippen LogP contribution is -2.25. The van der Waals surface area contributed by atoms with Gasteiger partial charge in [-0.05, 0) is 12.1 Å². The second kappa shape index (κ2) is 4.24. The van der Waals surface area contributed by atoms with Gasteiger partial charge in [-0.2, -0.15) is 0 Å². The van der Waals surface area contributed by atoms with E-state index >= 15 is 0 Å². The number of carbonyl (C=O) groups excluding carboxylic acids is 2. The van der Waals surface area contributed by atoms with Crippen LogP contribution in [-0.4, -0.2) is 24.6 Å². The van der Waals surface area contributed by atoms with Crippen LogP contribution in [-0.2, 0) is 9.59 Å². The number of amides is 1. The summed E-state index contributed by atoms with van der Waals surface area (Å²) in [6.07, 6.45) is 1.55. The quantitative estimate of drug-likeness (QED) is 0.556. The van der Waals surface area contributed by atoms with E-state index in [0.717, 1.165) is 0 Å². The maximum Gasteiger partial charge on any atom is 0.235 e. The van der Waals surface area contributed by atoms with Crippen LogP contribution in [0.3, 0.4) is 0 Å². The minimum Gasteiger partial charge on any atom is -0.307 e. The summed E-state index contributed by atoms with van der Waals surface area (Å²) in [6.45, 7) is 0.231. The largest absolute Gasteiger partial charge is 0.307 e. The molecule has 0 aliphatic carbocycles. The first-order valence-electron chi connectivity index (χ1n) is 4.84. The minimum atomic E-state index is -0.452. The highest BCUT2D eigenvalue weighted by Crippen LogP contribution is 2.25. The molecule has 0 radical (unpaired) electrons. The number of anilines is 1. The summed E-state index contributed by atoms with van der Waals surface area (Å²) in [7, 11) is 0. The molecule has 2 rings (SSSR count). The molecule has 1 amide bonds. The maximum atomic E-state index is 13.4. The molecule has 16 heavy (non-hydrogen) atoms. The highest BCUT2D eigenvalue weighted by Gasteiger charge is 2.31. The van der Waals surface area contributed by atoms with Crippen LogP contribution in [0, 0.1) is 5.82 Å². The van der Waals surface area contributed by atoms with Crippen molar-refractivity contribution in [2.45, 2.75) is 12.5 Å². The van der Waals surface area contributed by atoms with Crippen molar-refractivity contribution in [3.05, 3.63) is 30.1 Å². The third-order valence-corrected chi connectivity index (χ3v) is 2.48. The first-order valence-corrected chi connectivity index (χ1v) is 4.84. The fourth-order valence-corrected chi connectivity index (χ4v) is 1.75. The van der Waals surface area contributed by atoms with Gasteiger partial charge in [0, 0.05) is 6.54 Å². The molecule has 0 aromatic heterocycles. The number of rotatable bonds is 2. The van der Waals surface area contributed by atoms with Crippen molar-refractivity contribution >= 4 is 17.7 Å². The first kappa shape index (κ1) is 10.5. The van der Waals surface area contributed by atoms with Crippen LogP contribution in [0.4, 0.5) is 10.1 Å². The molecule has 5 heteroatoms. The van der Waals surface area contributed by atoms with E-state index in [0.29, 0.717) is 0 Å². The van der Waals surface area contributed by atoms with Gasteiger partial charge in [-0.25, -0.2) is 14.2 Å². The Morgan fingerprint density at radius 3 is 2.88 bits per heavy atom. The first-order chi connectivity index (χ1) is 7.72. The van der Waals surface area contributed by atoms with Gasteiger partial charge in [0.2, 0.25) is 12.0 Å². The zero-order chi connectivity index (χ0) is 11.5. The van der Waals surface area contributed by atoms with Crippen LogP contribution in [0.2, 0.25) is 0 Å². The summed E-state index contributed by atoms with van der Waals surface area (Å²) in [5.41, 5.74) is 0.232. The van der Waals surface area contributed by atoms with E-state index in [2.05, 4.69) is 4.99 Å². The lowest BCUT2D eigenvalue weighted by Gasteiger charge is -2.16. The average molecular weight is 220 g/mol. The van der Waals surface area contributed by atoms with Crippen LogP contribution in [0.25, 0.3) is 0 Å². The molecule has 0 saturated carbocycles. The van der Waals surface area contributed by atoms with Crippen molar-refractivity contribution in [2.24, 2.45) is 4.99 Å². The van der Waals surface area contributed by atoms with E-state index in [-0.39, 0.29) is 24.6 Å². The van der Waals surface area contributed by atoms with Crippen molar-refractivity contribution in [2.75, 3.05) is 11.4 Å². The van der Waals surface area contributed by atoms with Gasteiger partial charge in [0.15, 0.2) is 0 Å². The van der Waals surface area contributed by atoms with Crippen LogP contribution in [0.1, 0.15) is 6.42 Å². The molecular weight excluding hydrogens is 211 g/mol. The minimum absolute atomic E-state index is 0.129. The number of nitrogens with zero attached hydrogens (tertiary/aromatic N) is 2. The molecule has 1 fully saturated rings. The summed E-state index contributed by atoms with van der Waals surface area (Å²) in [5, 5.41) is 0. The van der Waals surface area contributed by atoms with Gasteiger partial charge in [0.05, 0.1) is 18.2 Å². The van der Waals surface area contributed by atoms with Crippen molar-refractivity contribution in [3.8, 4) is 0 Å². The summed E-state index contributed by atoms with van der Waals surface area (Å²) >= 11 is 0. The van der Waals surface area contributed by atoms with Crippen LogP contribution < -0.4 is 4.90 Å². The molecule has 1 atom stereocenters. The van der Waals surface area contributed by atoms with Gasteiger partial charge in [0.1, 0.15) is 5.82 Å². The summed E-state index contributed by atoms with van der Waals surface area (Å²) in [5.74, 6) is -0.680. The number of aliphatic imine (C=N–C) groups is 1. The standard InChI is InChI=1S/C11H9FN2O2/c12-9-3-1-2-4-10(9)14-6-8(13-7-15)5-11(14)16/h1-4,8H,5-6H2. The number of para-hydroxylation sites is 1. The molecule has 82 valence electrons. The fourth-order valence-electron chi connectivity index (χ4n) is 1.75. The Morgan fingerprint density at radius 1 is 1.44 bits per heavy atom. The van der Waals surface area contributed by atoms with Crippen molar-refractivity contribution in [1.29, 1.82) is 0 Å². The van der Waals surface area contributed by atoms with Crippen molar-refractivity contribution < 1.29 is 14.0 Å². The van der Waals surface area contributed by atoms with Crippen LogP contribution in [0.15, 0.2) is 29.3 Å².